The van der Waals surface area contributed by atoms with Gasteiger partial charge in [-0.15, -0.1) is 0 Å². The molecule has 0 aromatic heterocycles. The van der Waals surface area contributed by atoms with Crippen molar-refractivity contribution in [2.45, 2.75) is 70.6 Å². The third-order valence-corrected chi connectivity index (χ3v) is 5.94. The fraction of sp³-hybridized carbons (Fsp3) is 0.667. The number of nitrogens with one attached hydrogen (secondary N) is 2. The zero-order valence-corrected chi connectivity index (χ0v) is 17.1. The quantitative estimate of drug-likeness (QED) is 0.742. The van der Waals surface area contributed by atoms with E-state index in [1.807, 2.05) is 6.07 Å². The lowest BCUT2D eigenvalue weighted by molar-refractivity contribution is 0.0205. The lowest BCUT2D eigenvalue weighted by Crippen LogP contribution is -2.57. The summed E-state index contributed by atoms with van der Waals surface area (Å²) in [6.07, 6.45) is 6.27. The first kappa shape index (κ1) is 19.4. The molecule has 1 aromatic carbocycles. The molecule has 26 heavy (non-hydrogen) atoms. The minimum Gasteiger partial charge on any atom is -0.496 e. The Bertz CT molecular complexity index is 593. The van der Waals surface area contributed by atoms with Crippen molar-refractivity contribution in [3.63, 3.8) is 0 Å². The van der Waals surface area contributed by atoms with Gasteiger partial charge in [0.15, 0.2) is 5.11 Å². The highest BCUT2D eigenvalue weighted by Gasteiger charge is 2.38. The highest BCUT2D eigenvalue weighted by atomic mass is 32.1. The van der Waals surface area contributed by atoms with Crippen molar-refractivity contribution in [3.05, 3.63) is 29.8 Å². The Morgan fingerprint density at radius 1 is 1.23 bits per heavy atom. The molecule has 2 saturated heterocycles. The van der Waals surface area contributed by atoms with Crippen molar-refractivity contribution in [1.82, 2.24) is 15.5 Å². The highest BCUT2D eigenvalue weighted by Crippen LogP contribution is 2.36. The van der Waals surface area contributed by atoms with E-state index in [-0.39, 0.29) is 0 Å². The molecular formula is C21H33N3OS. The van der Waals surface area contributed by atoms with Crippen LogP contribution < -0.4 is 15.4 Å². The van der Waals surface area contributed by atoms with Crippen LogP contribution in [0.4, 0.5) is 0 Å². The van der Waals surface area contributed by atoms with Gasteiger partial charge >= 0.3 is 0 Å². The molecule has 1 aromatic rings. The van der Waals surface area contributed by atoms with Crippen LogP contribution in [0.1, 0.15) is 51.5 Å². The van der Waals surface area contributed by atoms with Crippen molar-refractivity contribution in [1.29, 1.82) is 0 Å². The van der Waals surface area contributed by atoms with Crippen molar-refractivity contribution < 1.29 is 4.74 Å². The number of hydrogen-bond donors (Lipinski definition) is 2. The average molecular weight is 376 g/mol. The molecule has 0 amide bonds. The molecule has 3 rings (SSSR count). The second kappa shape index (κ2) is 9.05. The van der Waals surface area contributed by atoms with Gasteiger partial charge in [-0.25, -0.2) is 0 Å². The van der Waals surface area contributed by atoms with Gasteiger partial charge in [0, 0.05) is 36.8 Å². The monoisotopic (exact) mass is 375 g/mol. The fourth-order valence-electron chi connectivity index (χ4n) is 4.42. The largest absolute Gasteiger partial charge is 0.496 e. The van der Waals surface area contributed by atoms with Gasteiger partial charge in [0.1, 0.15) is 5.75 Å². The van der Waals surface area contributed by atoms with E-state index in [1.54, 1.807) is 7.11 Å². The van der Waals surface area contributed by atoms with Crippen LogP contribution in [0.25, 0.3) is 0 Å². The van der Waals surface area contributed by atoms with E-state index in [0.717, 1.165) is 24.0 Å². The Balaban J connectivity index is 1.60. The first-order valence-electron chi connectivity index (χ1n) is 9.98. The van der Waals surface area contributed by atoms with E-state index in [1.165, 1.54) is 37.7 Å². The Morgan fingerprint density at radius 3 is 2.58 bits per heavy atom. The van der Waals surface area contributed by atoms with Gasteiger partial charge in [-0.1, -0.05) is 38.5 Å². The van der Waals surface area contributed by atoms with Crippen molar-refractivity contribution in [3.8, 4) is 5.75 Å². The van der Waals surface area contributed by atoms with Crippen molar-refractivity contribution in [2.75, 3.05) is 13.7 Å². The van der Waals surface area contributed by atoms with Crippen LogP contribution in [0.5, 0.6) is 5.75 Å². The fourth-order valence-corrected chi connectivity index (χ4v) is 4.67. The van der Waals surface area contributed by atoms with Crippen molar-refractivity contribution >= 4 is 17.3 Å². The lowest BCUT2D eigenvalue weighted by Gasteiger charge is -2.49. The third-order valence-electron chi connectivity index (χ3n) is 5.68. The molecule has 0 saturated carbocycles. The minimum absolute atomic E-state index is 0.492. The predicted octanol–water partition coefficient (Wildman–Crippen LogP) is 3.70. The van der Waals surface area contributed by atoms with Gasteiger partial charge in [0.05, 0.1) is 7.11 Å². The summed E-state index contributed by atoms with van der Waals surface area (Å²) in [5.74, 6) is 1.61. The van der Waals surface area contributed by atoms with Gasteiger partial charge in [-0.05, 0) is 49.9 Å². The molecule has 2 bridgehead atoms. The number of fused-ring (bicyclic) bond motifs is 2. The summed E-state index contributed by atoms with van der Waals surface area (Å²) in [6, 6.07) is 10.2. The number of para-hydroxylation sites is 1. The van der Waals surface area contributed by atoms with E-state index in [4.69, 9.17) is 17.0 Å². The Kier molecular flexibility index (Phi) is 6.76. The number of rotatable bonds is 6. The maximum Gasteiger partial charge on any atom is 0.166 e. The molecule has 0 unspecified atom stereocenters. The summed E-state index contributed by atoms with van der Waals surface area (Å²) in [7, 11) is 1.76. The van der Waals surface area contributed by atoms with Crippen LogP contribution in [-0.4, -0.2) is 41.8 Å². The molecule has 144 valence electrons. The van der Waals surface area contributed by atoms with E-state index < -0.39 is 0 Å². The predicted molar refractivity (Wildman–Crippen MR) is 112 cm³/mol. The second-order valence-electron chi connectivity index (χ2n) is 8.14. The zero-order chi connectivity index (χ0) is 18.5. The molecule has 0 radical (unpaired) electrons. The van der Waals surface area contributed by atoms with Gasteiger partial charge in [-0.2, -0.15) is 0 Å². The smallest absolute Gasteiger partial charge is 0.166 e. The molecule has 2 aliphatic heterocycles. The maximum absolute atomic E-state index is 5.56. The molecule has 0 spiro atoms. The first-order chi connectivity index (χ1) is 12.6. The summed E-state index contributed by atoms with van der Waals surface area (Å²) in [5, 5.41) is 7.75. The molecular weight excluding hydrogens is 342 g/mol. The number of benzene rings is 1. The van der Waals surface area contributed by atoms with E-state index in [9.17, 15) is 0 Å². The van der Waals surface area contributed by atoms with Gasteiger partial charge in [-0.3, -0.25) is 4.90 Å². The molecule has 4 nitrogen and oxygen atoms in total. The SMILES string of the molecule is COc1ccccc1CN1[C@@H]2CCC[C@@H]1CC(NC(=S)NCC(C)C)C2. The van der Waals surface area contributed by atoms with Gasteiger partial charge in [0.2, 0.25) is 0 Å². The summed E-state index contributed by atoms with van der Waals surface area (Å²) in [6.45, 7) is 6.33. The number of methoxy groups -OCH3 is 1. The minimum atomic E-state index is 0.492. The second-order valence-corrected chi connectivity index (χ2v) is 8.55. The molecule has 2 atom stereocenters. The molecule has 2 heterocycles. The highest BCUT2D eigenvalue weighted by molar-refractivity contribution is 7.80. The van der Waals surface area contributed by atoms with Crippen LogP contribution in [-0.2, 0) is 6.54 Å². The molecule has 2 aliphatic rings. The number of thiocarbonyl (C=S) groups is 1. The lowest BCUT2D eigenvalue weighted by atomic mass is 9.81. The molecule has 2 fully saturated rings. The number of ether oxygens (including phenoxy) is 1. The molecule has 0 aliphatic carbocycles. The first-order valence-corrected chi connectivity index (χ1v) is 10.4. The summed E-state index contributed by atoms with van der Waals surface area (Å²) in [4.78, 5) is 2.71. The Labute approximate surface area is 163 Å². The van der Waals surface area contributed by atoms with Gasteiger partial charge < -0.3 is 15.4 Å². The van der Waals surface area contributed by atoms with Crippen LogP contribution in [0.3, 0.4) is 0 Å². The van der Waals surface area contributed by atoms with E-state index >= 15 is 0 Å². The summed E-state index contributed by atoms with van der Waals surface area (Å²) >= 11 is 5.50. The topological polar surface area (TPSA) is 36.5 Å². The summed E-state index contributed by atoms with van der Waals surface area (Å²) < 4.78 is 5.56. The zero-order valence-electron chi connectivity index (χ0n) is 16.3. The van der Waals surface area contributed by atoms with Crippen LogP contribution in [0.15, 0.2) is 24.3 Å². The number of nitrogens with zero attached hydrogens (tertiary/aromatic N) is 1. The van der Waals surface area contributed by atoms with Crippen LogP contribution in [0, 0.1) is 5.92 Å². The molecule has 5 heteroatoms. The summed E-state index contributed by atoms with van der Waals surface area (Å²) in [5.41, 5.74) is 1.30. The number of piperidine rings is 2. The van der Waals surface area contributed by atoms with Gasteiger partial charge in [0.25, 0.3) is 0 Å². The molecule has 2 N–H and O–H groups in total. The van der Waals surface area contributed by atoms with Crippen LogP contribution in [0.2, 0.25) is 0 Å². The van der Waals surface area contributed by atoms with E-state index in [2.05, 4.69) is 47.6 Å². The van der Waals surface area contributed by atoms with Crippen LogP contribution >= 0.6 is 12.2 Å². The average Bonchev–Trinajstić information content (AvgIpc) is 2.61. The number of hydrogen-bond acceptors (Lipinski definition) is 3. The Hall–Kier alpha value is -1.33. The third kappa shape index (κ3) is 4.89. The van der Waals surface area contributed by atoms with Crippen molar-refractivity contribution in [2.24, 2.45) is 5.92 Å². The van der Waals surface area contributed by atoms with E-state index in [0.29, 0.717) is 24.0 Å². The standard InChI is InChI=1S/C21H33N3OS/c1-15(2)13-22-21(26)23-17-11-18-8-6-9-19(12-17)24(18)14-16-7-4-5-10-20(16)25-3/h4-5,7,10,15,17-19H,6,8-9,11-14H2,1-3H3,(H2,22,23,26)/t18-,19-/m1/s1. The normalized spacial score (nSPS) is 25.8. The maximum atomic E-state index is 5.56. The Morgan fingerprint density at radius 2 is 1.92 bits per heavy atom.